The fraction of sp³-hybridized carbons (Fsp3) is 0. The zero-order valence-corrected chi connectivity index (χ0v) is 29.2. The molecule has 3 aromatic heterocycles. The van der Waals surface area contributed by atoms with Gasteiger partial charge in [0, 0.05) is 26.8 Å². The fourth-order valence-corrected chi connectivity index (χ4v) is 7.85. The first kappa shape index (κ1) is 30.9. The Labute approximate surface area is 310 Å². The van der Waals surface area contributed by atoms with Gasteiger partial charge in [-0.15, -0.1) is 11.3 Å². The first-order valence-corrected chi connectivity index (χ1v) is 18.3. The molecule has 0 unspecified atom stereocenters. The van der Waals surface area contributed by atoms with Crippen molar-refractivity contribution in [3.05, 3.63) is 176 Å². The second kappa shape index (κ2) is 13.0. The van der Waals surface area contributed by atoms with E-state index in [0.717, 1.165) is 71.3 Å². The first-order chi connectivity index (χ1) is 26.2. The third-order valence-corrected chi connectivity index (χ3v) is 10.6. The van der Waals surface area contributed by atoms with Crippen molar-refractivity contribution in [2.75, 3.05) is 0 Å². The molecule has 0 amide bonds. The Bertz CT molecular complexity index is 2940. The molecule has 0 fully saturated rings. The van der Waals surface area contributed by atoms with Crippen molar-refractivity contribution in [2.45, 2.75) is 0 Å². The first-order valence-electron chi connectivity index (χ1n) is 17.5. The lowest BCUT2D eigenvalue weighted by Crippen LogP contribution is -2.00. The number of nitrogens with zero attached hydrogens (tertiary/aromatic N) is 5. The highest BCUT2D eigenvalue weighted by Gasteiger charge is 2.14. The zero-order chi connectivity index (χ0) is 35.1. The molecule has 0 spiro atoms. The van der Waals surface area contributed by atoms with E-state index < -0.39 is 0 Å². The van der Waals surface area contributed by atoms with Crippen molar-refractivity contribution in [3.8, 4) is 67.5 Å². The lowest BCUT2D eigenvalue weighted by Gasteiger charge is -2.11. The van der Waals surface area contributed by atoms with Crippen molar-refractivity contribution in [2.24, 2.45) is 0 Å². The van der Waals surface area contributed by atoms with Gasteiger partial charge in [-0.25, -0.2) is 24.9 Å². The van der Waals surface area contributed by atoms with Crippen molar-refractivity contribution in [1.29, 1.82) is 0 Å². The molecule has 53 heavy (non-hydrogen) atoms. The summed E-state index contributed by atoms with van der Waals surface area (Å²) in [5.41, 5.74) is 12.2. The van der Waals surface area contributed by atoms with E-state index in [-0.39, 0.29) is 0 Å². The van der Waals surface area contributed by atoms with E-state index in [1.54, 1.807) is 11.3 Å². The second-order valence-electron chi connectivity index (χ2n) is 13.0. The van der Waals surface area contributed by atoms with Crippen LogP contribution in [0.2, 0.25) is 0 Å². The van der Waals surface area contributed by atoms with Gasteiger partial charge < -0.3 is 0 Å². The largest absolute Gasteiger partial charge is 0.243 e. The summed E-state index contributed by atoms with van der Waals surface area (Å²) in [6.07, 6.45) is 0. The van der Waals surface area contributed by atoms with Crippen LogP contribution < -0.4 is 0 Å². The predicted molar refractivity (Wildman–Crippen MR) is 218 cm³/mol. The van der Waals surface area contributed by atoms with Crippen molar-refractivity contribution in [1.82, 2.24) is 24.9 Å². The van der Waals surface area contributed by atoms with E-state index in [2.05, 4.69) is 140 Å². The van der Waals surface area contributed by atoms with E-state index in [0.29, 0.717) is 17.5 Å². The van der Waals surface area contributed by atoms with Gasteiger partial charge in [0.1, 0.15) is 10.3 Å². The highest BCUT2D eigenvalue weighted by Crippen LogP contribution is 2.35. The summed E-state index contributed by atoms with van der Waals surface area (Å²) in [6, 6.07) is 60.7. The Balaban J connectivity index is 1.02. The number of benzene rings is 7. The van der Waals surface area contributed by atoms with Gasteiger partial charge in [-0.05, 0) is 63.7 Å². The molecule has 5 nitrogen and oxygen atoms in total. The van der Waals surface area contributed by atoms with Crippen LogP contribution in [0, 0.1) is 0 Å². The Morgan fingerprint density at radius 3 is 1.47 bits per heavy atom. The highest BCUT2D eigenvalue weighted by atomic mass is 32.1. The quantitative estimate of drug-likeness (QED) is 0.173. The predicted octanol–water partition coefficient (Wildman–Crippen LogP) is 12.2. The molecule has 0 atom stereocenters. The molecule has 0 N–H and O–H groups in total. The van der Waals surface area contributed by atoms with E-state index in [4.69, 9.17) is 24.9 Å². The molecule has 0 bridgehead atoms. The molecule has 0 saturated heterocycles. The van der Waals surface area contributed by atoms with Gasteiger partial charge in [0.05, 0.1) is 11.0 Å². The number of fused-ring (bicyclic) bond motifs is 4. The third-order valence-electron chi connectivity index (χ3n) is 9.55. The second-order valence-corrected chi connectivity index (χ2v) is 14.0. The molecule has 0 aliphatic carbocycles. The van der Waals surface area contributed by atoms with Crippen LogP contribution in [0.1, 0.15) is 0 Å². The normalized spacial score (nSPS) is 11.4. The maximum Gasteiger partial charge on any atom is 0.164 e. The van der Waals surface area contributed by atoms with Crippen LogP contribution >= 0.6 is 11.3 Å². The summed E-state index contributed by atoms with van der Waals surface area (Å²) in [6.45, 7) is 0. The van der Waals surface area contributed by atoms with Crippen LogP contribution in [0.5, 0.6) is 0 Å². The van der Waals surface area contributed by atoms with Crippen molar-refractivity contribution >= 4 is 42.8 Å². The van der Waals surface area contributed by atoms with E-state index in [9.17, 15) is 0 Å². The summed E-state index contributed by atoms with van der Waals surface area (Å²) in [4.78, 5) is 26.0. The summed E-state index contributed by atoms with van der Waals surface area (Å²) in [7, 11) is 0. The van der Waals surface area contributed by atoms with Crippen LogP contribution in [0.3, 0.4) is 0 Å². The topological polar surface area (TPSA) is 64.5 Å². The summed E-state index contributed by atoms with van der Waals surface area (Å²) >= 11 is 1.69. The van der Waals surface area contributed by atoms with Crippen LogP contribution in [0.15, 0.2) is 176 Å². The number of hydrogen-bond acceptors (Lipinski definition) is 6. The van der Waals surface area contributed by atoms with E-state index >= 15 is 0 Å². The van der Waals surface area contributed by atoms with Crippen LogP contribution in [-0.4, -0.2) is 24.9 Å². The fourth-order valence-electron chi connectivity index (χ4n) is 6.83. The van der Waals surface area contributed by atoms with E-state index in [1.807, 2.05) is 36.4 Å². The molecule has 248 valence electrons. The minimum Gasteiger partial charge on any atom is -0.243 e. The molecule has 0 saturated carbocycles. The summed E-state index contributed by atoms with van der Waals surface area (Å²) in [5, 5.41) is 1.15. The Hall–Kier alpha value is -6.89. The Morgan fingerprint density at radius 2 is 0.774 bits per heavy atom. The Morgan fingerprint density at radius 1 is 0.302 bits per heavy atom. The summed E-state index contributed by atoms with van der Waals surface area (Å²) < 4.78 is 1.20. The summed E-state index contributed by atoms with van der Waals surface area (Å²) in [5.74, 6) is 1.89. The molecule has 6 heteroatoms. The SMILES string of the molecule is c1ccc(-c2ccc(-c3nc(-c4ccccc4)nc(-c4cccc(-c5cccc(-c6ccc7nc8sc9ccccc9c8nc7c6)c5)c4)n3)cc2)cc1. The average molecular weight is 696 g/mol. The maximum absolute atomic E-state index is 5.08. The number of aromatic nitrogens is 5. The van der Waals surface area contributed by atoms with Crippen molar-refractivity contribution in [3.63, 3.8) is 0 Å². The molecule has 7 aromatic carbocycles. The van der Waals surface area contributed by atoms with Gasteiger partial charge in [-0.3, -0.25) is 0 Å². The molecular weight excluding hydrogens is 667 g/mol. The molecule has 10 aromatic rings. The third kappa shape index (κ3) is 5.91. The van der Waals surface area contributed by atoms with E-state index in [1.165, 1.54) is 10.3 Å². The van der Waals surface area contributed by atoms with Crippen LogP contribution in [0.25, 0.3) is 99.0 Å². The molecule has 3 heterocycles. The van der Waals surface area contributed by atoms with Gasteiger partial charge in [0.25, 0.3) is 0 Å². The molecule has 0 aliphatic rings. The lowest BCUT2D eigenvalue weighted by molar-refractivity contribution is 1.07. The zero-order valence-electron chi connectivity index (χ0n) is 28.4. The minimum atomic E-state index is 0.624. The minimum absolute atomic E-state index is 0.624. The monoisotopic (exact) mass is 695 g/mol. The number of rotatable bonds is 6. The van der Waals surface area contributed by atoms with Gasteiger partial charge >= 0.3 is 0 Å². The standard InChI is InChI=1S/C47H29N5S/c1-3-11-30(12-4-1)31-21-23-33(24-22-31)45-50-44(32-13-5-2-6-14-32)51-46(52-45)38-18-10-17-36(28-38)34-15-9-16-35(27-34)37-25-26-40-41(29-37)48-43-39-19-7-8-20-42(39)53-47(43)49-40/h1-29H. The molecular formula is C47H29N5S. The average Bonchev–Trinajstić information content (AvgIpc) is 3.60. The number of thiophene rings is 1. The van der Waals surface area contributed by atoms with Crippen LogP contribution in [-0.2, 0) is 0 Å². The maximum atomic E-state index is 5.08. The molecule has 10 rings (SSSR count). The smallest absolute Gasteiger partial charge is 0.164 e. The van der Waals surface area contributed by atoms with Gasteiger partial charge in [-0.2, -0.15) is 0 Å². The van der Waals surface area contributed by atoms with Gasteiger partial charge in [0.2, 0.25) is 0 Å². The lowest BCUT2D eigenvalue weighted by atomic mass is 9.97. The number of hydrogen-bond donors (Lipinski definition) is 0. The highest BCUT2D eigenvalue weighted by molar-refractivity contribution is 7.25. The van der Waals surface area contributed by atoms with Gasteiger partial charge in [-0.1, -0.05) is 146 Å². The van der Waals surface area contributed by atoms with Gasteiger partial charge in [0.15, 0.2) is 17.5 Å². The Kier molecular flexibility index (Phi) is 7.59. The van der Waals surface area contributed by atoms with Crippen LogP contribution in [0.4, 0.5) is 0 Å². The van der Waals surface area contributed by atoms with Crippen molar-refractivity contribution < 1.29 is 0 Å². The molecule has 0 radical (unpaired) electrons. The molecule has 0 aliphatic heterocycles.